The van der Waals surface area contributed by atoms with E-state index in [-0.39, 0.29) is 17.9 Å². The summed E-state index contributed by atoms with van der Waals surface area (Å²) in [5, 5.41) is 3.02. The molecule has 2 N–H and O–H groups in total. The van der Waals surface area contributed by atoms with Gasteiger partial charge in [0.05, 0.1) is 23.3 Å². The number of carbonyl (C=O) groups is 1. The molecule has 5 nitrogen and oxygen atoms in total. The van der Waals surface area contributed by atoms with Crippen LogP contribution in [0.4, 0.5) is 0 Å². The Morgan fingerprint density at radius 2 is 2.14 bits per heavy atom. The fourth-order valence-corrected chi connectivity index (χ4v) is 2.46. The largest absolute Gasteiger partial charge is 0.459 e. The van der Waals surface area contributed by atoms with E-state index < -0.39 is 0 Å². The Morgan fingerprint density at radius 1 is 1.32 bits per heavy atom. The molecule has 5 heteroatoms. The molecule has 0 aliphatic heterocycles. The number of imidazole rings is 1. The summed E-state index contributed by atoms with van der Waals surface area (Å²) in [5.41, 5.74) is 1.87. The topological polar surface area (TPSA) is 70.9 Å². The molecule has 2 aromatic heterocycles. The van der Waals surface area contributed by atoms with Crippen molar-refractivity contribution in [3.63, 3.8) is 0 Å². The highest BCUT2D eigenvalue weighted by Crippen LogP contribution is 2.25. The number of amides is 1. The summed E-state index contributed by atoms with van der Waals surface area (Å²) in [6.45, 7) is 4.19. The highest BCUT2D eigenvalue weighted by atomic mass is 16.3. The Balaban J connectivity index is 1.90. The molecule has 2 heterocycles. The van der Waals surface area contributed by atoms with Gasteiger partial charge in [-0.25, -0.2) is 4.98 Å². The molecular weight excluding hydrogens is 278 g/mol. The van der Waals surface area contributed by atoms with Gasteiger partial charge >= 0.3 is 0 Å². The zero-order valence-corrected chi connectivity index (χ0v) is 12.7. The molecule has 0 bridgehead atoms. The van der Waals surface area contributed by atoms with Crippen molar-refractivity contribution in [1.82, 2.24) is 15.3 Å². The van der Waals surface area contributed by atoms with Gasteiger partial charge in [-0.05, 0) is 30.2 Å². The third kappa shape index (κ3) is 2.74. The average Bonchev–Trinajstić information content (AvgIpc) is 3.20. The van der Waals surface area contributed by atoms with Crippen molar-refractivity contribution < 1.29 is 9.21 Å². The monoisotopic (exact) mass is 297 g/mol. The maximum absolute atomic E-state index is 12.3. The number of nitrogens with one attached hydrogen (secondary N) is 2. The lowest BCUT2D eigenvalue weighted by Gasteiger charge is -2.21. The summed E-state index contributed by atoms with van der Waals surface area (Å²) in [6.07, 6.45) is 2.43. The molecule has 0 spiro atoms. The van der Waals surface area contributed by atoms with Crippen molar-refractivity contribution in [3.05, 3.63) is 54.2 Å². The van der Waals surface area contributed by atoms with Crippen LogP contribution in [0.15, 0.2) is 47.1 Å². The number of hydrogen-bond donors (Lipinski definition) is 2. The Bertz CT molecular complexity index is 728. The SMILES string of the molecule is CCC(C)C(NC(=O)c1ccco1)c1nc2ccccc2[nH]1. The summed E-state index contributed by atoms with van der Waals surface area (Å²) < 4.78 is 5.16. The van der Waals surface area contributed by atoms with Gasteiger partial charge in [0.1, 0.15) is 5.82 Å². The standard InChI is InChI=1S/C17H19N3O2/c1-3-11(2)15(20-17(21)14-9-6-10-22-14)16-18-12-7-4-5-8-13(12)19-16/h4-11,15H,3H2,1-2H3,(H,18,19)(H,20,21). The molecule has 1 aromatic carbocycles. The van der Waals surface area contributed by atoms with E-state index >= 15 is 0 Å². The molecule has 22 heavy (non-hydrogen) atoms. The summed E-state index contributed by atoms with van der Waals surface area (Å²) in [6, 6.07) is 11.0. The summed E-state index contributed by atoms with van der Waals surface area (Å²) in [4.78, 5) is 20.2. The molecule has 0 aliphatic rings. The number of aromatic nitrogens is 2. The smallest absolute Gasteiger partial charge is 0.287 e. The second-order valence-corrected chi connectivity index (χ2v) is 5.45. The van der Waals surface area contributed by atoms with E-state index in [4.69, 9.17) is 4.42 Å². The van der Waals surface area contributed by atoms with Crippen LogP contribution in [-0.4, -0.2) is 15.9 Å². The number of nitrogens with zero attached hydrogens (tertiary/aromatic N) is 1. The highest BCUT2D eigenvalue weighted by Gasteiger charge is 2.24. The van der Waals surface area contributed by atoms with Crippen LogP contribution in [0, 0.1) is 5.92 Å². The minimum Gasteiger partial charge on any atom is -0.459 e. The van der Waals surface area contributed by atoms with Crippen molar-refractivity contribution in [3.8, 4) is 0 Å². The maximum Gasteiger partial charge on any atom is 0.287 e. The van der Waals surface area contributed by atoms with E-state index in [0.29, 0.717) is 5.76 Å². The van der Waals surface area contributed by atoms with E-state index in [9.17, 15) is 4.79 Å². The summed E-state index contributed by atoms with van der Waals surface area (Å²) >= 11 is 0. The first-order valence-electron chi connectivity index (χ1n) is 7.48. The summed E-state index contributed by atoms with van der Waals surface area (Å²) in [5.74, 6) is 1.11. The van der Waals surface area contributed by atoms with Gasteiger partial charge < -0.3 is 14.7 Å². The number of H-pyrrole nitrogens is 1. The van der Waals surface area contributed by atoms with Crippen LogP contribution in [0.2, 0.25) is 0 Å². The zero-order valence-electron chi connectivity index (χ0n) is 12.7. The van der Waals surface area contributed by atoms with Gasteiger partial charge in [-0.3, -0.25) is 4.79 Å². The quantitative estimate of drug-likeness (QED) is 0.754. The van der Waals surface area contributed by atoms with E-state index in [2.05, 4.69) is 29.1 Å². The molecule has 1 amide bonds. The van der Waals surface area contributed by atoms with E-state index in [0.717, 1.165) is 23.3 Å². The van der Waals surface area contributed by atoms with Crippen molar-refractivity contribution in [1.29, 1.82) is 0 Å². The minimum atomic E-state index is -0.226. The number of aromatic amines is 1. The van der Waals surface area contributed by atoms with Gasteiger partial charge in [0.2, 0.25) is 0 Å². The zero-order chi connectivity index (χ0) is 15.5. The molecule has 0 radical (unpaired) electrons. The third-order valence-electron chi connectivity index (χ3n) is 3.95. The van der Waals surface area contributed by atoms with Crippen molar-refractivity contribution in [2.75, 3.05) is 0 Å². The molecule has 2 atom stereocenters. The number of furan rings is 1. The molecule has 0 saturated heterocycles. The fraction of sp³-hybridized carbons (Fsp3) is 0.294. The maximum atomic E-state index is 12.3. The van der Waals surface area contributed by atoms with Crippen LogP contribution in [0.3, 0.4) is 0 Å². The Labute approximate surface area is 128 Å². The first kappa shape index (κ1) is 14.4. The van der Waals surface area contributed by atoms with Gasteiger partial charge in [0.15, 0.2) is 5.76 Å². The Hall–Kier alpha value is -2.56. The third-order valence-corrected chi connectivity index (χ3v) is 3.95. The lowest BCUT2D eigenvalue weighted by molar-refractivity contribution is 0.0892. The molecule has 3 rings (SSSR count). The molecule has 3 aromatic rings. The molecule has 0 aliphatic carbocycles. The van der Waals surface area contributed by atoms with Crippen LogP contribution in [-0.2, 0) is 0 Å². The van der Waals surface area contributed by atoms with Gasteiger partial charge in [-0.1, -0.05) is 32.4 Å². The second kappa shape index (κ2) is 6.05. The first-order chi connectivity index (χ1) is 10.7. The van der Waals surface area contributed by atoms with Crippen LogP contribution < -0.4 is 5.32 Å². The van der Waals surface area contributed by atoms with Crippen LogP contribution in [0.25, 0.3) is 11.0 Å². The van der Waals surface area contributed by atoms with Crippen LogP contribution in [0.5, 0.6) is 0 Å². The predicted molar refractivity (Wildman–Crippen MR) is 84.5 cm³/mol. The number of rotatable bonds is 5. The van der Waals surface area contributed by atoms with Gasteiger partial charge in [-0.15, -0.1) is 0 Å². The van der Waals surface area contributed by atoms with Crippen LogP contribution in [0.1, 0.15) is 42.7 Å². The minimum absolute atomic E-state index is 0.185. The number of carbonyl (C=O) groups excluding carboxylic acids is 1. The van der Waals surface area contributed by atoms with Crippen molar-refractivity contribution >= 4 is 16.9 Å². The van der Waals surface area contributed by atoms with E-state index in [1.807, 2.05) is 24.3 Å². The van der Waals surface area contributed by atoms with Gasteiger partial charge in [-0.2, -0.15) is 0 Å². The van der Waals surface area contributed by atoms with Gasteiger partial charge in [0, 0.05) is 0 Å². The Kier molecular flexibility index (Phi) is 3.96. The second-order valence-electron chi connectivity index (χ2n) is 5.45. The summed E-state index contributed by atoms with van der Waals surface area (Å²) in [7, 11) is 0. The van der Waals surface area contributed by atoms with E-state index in [1.165, 1.54) is 6.26 Å². The fourth-order valence-electron chi connectivity index (χ4n) is 2.46. The normalized spacial score (nSPS) is 13.9. The molecule has 0 saturated carbocycles. The number of hydrogen-bond acceptors (Lipinski definition) is 3. The van der Waals surface area contributed by atoms with Crippen LogP contribution >= 0.6 is 0 Å². The number of fused-ring (bicyclic) bond motifs is 1. The van der Waals surface area contributed by atoms with Crippen molar-refractivity contribution in [2.45, 2.75) is 26.3 Å². The molecule has 0 fully saturated rings. The Morgan fingerprint density at radius 3 is 2.82 bits per heavy atom. The molecule has 2 unspecified atom stereocenters. The molecular formula is C17H19N3O2. The number of para-hydroxylation sites is 2. The van der Waals surface area contributed by atoms with Crippen molar-refractivity contribution in [2.24, 2.45) is 5.92 Å². The molecule has 114 valence electrons. The average molecular weight is 297 g/mol. The lowest BCUT2D eigenvalue weighted by atomic mass is 9.98. The van der Waals surface area contributed by atoms with Gasteiger partial charge in [0.25, 0.3) is 5.91 Å². The predicted octanol–water partition coefficient (Wildman–Crippen LogP) is 3.67. The number of benzene rings is 1. The lowest BCUT2D eigenvalue weighted by Crippen LogP contribution is -2.33. The van der Waals surface area contributed by atoms with E-state index in [1.54, 1.807) is 12.1 Å². The highest BCUT2D eigenvalue weighted by molar-refractivity contribution is 5.91. The first-order valence-corrected chi connectivity index (χ1v) is 7.48.